The SMILES string of the molecule is O=c1c2ccccc2ncn1C1CCN(CCc2c[nH]c3ccccc23)CC1. The van der Waals surface area contributed by atoms with Crippen molar-refractivity contribution in [2.24, 2.45) is 0 Å². The van der Waals surface area contributed by atoms with Crippen LogP contribution in [0.15, 0.2) is 65.8 Å². The first-order valence-corrected chi connectivity index (χ1v) is 10.0. The van der Waals surface area contributed by atoms with Crippen LogP contribution in [0.5, 0.6) is 0 Å². The molecule has 0 saturated carbocycles. The molecular formula is C23H24N4O. The number of nitrogens with zero attached hydrogens (tertiary/aromatic N) is 3. The van der Waals surface area contributed by atoms with Gasteiger partial charge in [0.1, 0.15) is 0 Å². The summed E-state index contributed by atoms with van der Waals surface area (Å²) in [5, 5.41) is 2.04. The Labute approximate surface area is 163 Å². The molecule has 142 valence electrons. The molecule has 5 nitrogen and oxygen atoms in total. The van der Waals surface area contributed by atoms with Crippen molar-refractivity contribution in [2.45, 2.75) is 25.3 Å². The number of para-hydroxylation sites is 2. The minimum absolute atomic E-state index is 0.0860. The Morgan fingerprint density at radius 1 is 1.00 bits per heavy atom. The molecule has 1 aliphatic rings. The fraction of sp³-hybridized carbons (Fsp3) is 0.304. The van der Waals surface area contributed by atoms with Crippen LogP contribution in [-0.2, 0) is 6.42 Å². The Morgan fingerprint density at radius 3 is 2.61 bits per heavy atom. The molecule has 5 heteroatoms. The van der Waals surface area contributed by atoms with Crippen molar-refractivity contribution in [1.29, 1.82) is 0 Å². The van der Waals surface area contributed by atoms with Crippen LogP contribution in [0.25, 0.3) is 21.8 Å². The molecule has 5 rings (SSSR count). The molecule has 2 aromatic heterocycles. The third-order valence-electron chi connectivity index (χ3n) is 6.01. The second-order valence-electron chi connectivity index (χ2n) is 7.66. The van der Waals surface area contributed by atoms with Gasteiger partial charge < -0.3 is 9.88 Å². The van der Waals surface area contributed by atoms with Gasteiger partial charge >= 0.3 is 0 Å². The Hall–Kier alpha value is -2.92. The van der Waals surface area contributed by atoms with Gasteiger partial charge in [0.05, 0.1) is 17.2 Å². The molecule has 0 bridgehead atoms. The molecule has 0 spiro atoms. The average Bonchev–Trinajstić information content (AvgIpc) is 3.16. The van der Waals surface area contributed by atoms with E-state index in [0.717, 1.165) is 44.4 Å². The average molecular weight is 372 g/mol. The van der Waals surface area contributed by atoms with Crippen LogP contribution in [0.1, 0.15) is 24.4 Å². The lowest BCUT2D eigenvalue weighted by Gasteiger charge is -2.32. The number of H-pyrrole nitrogens is 1. The van der Waals surface area contributed by atoms with Crippen molar-refractivity contribution in [3.63, 3.8) is 0 Å². The molecule has 1 N–H and O–H groups in total. The monoisotopic (exact) mass is 372 g/mol. The maximum absolute atomic E-state index is 12.8. The van der Waals surface area contributed by atoms with E-state index in [0.29, 0.717) is 5.39 Å². The van der Waals surface area contributed by atoms with Gasteiger partial charge in [-0.1, -0.05) is 30.3 Å². The van der Waals surface area contributed by atoms with E-state index in [1.807, 2.05) is 28.8 Å². The number of hydrogen-bond donors (Lipinski definition) is 1. The molecule has 0 radical (unpaired) electrons. The first-order valence-electron chi connectivity index (χ1n) is 10.0. The molecule has 3 heterocycles. The molecule has 1 saturated heterocycles. The summed E-state index contributed by atoms with van der Waals surface area (Å²) in [6.45, 7) is 3.10. The normalized spacial score (nSPS) is 16.1. The van der Waals surface area contributed by atoms with Gasteiger partial charge in [0.15, 0.2) is 0 Å². The van der Waals surface area contributed by atoms with E-state index in [4.69, 9.17) is 0 Å². The summed E-state index contributed by atoms with van der Waals surface area (Å²) in [6, 6.07) is 16.3. The summed E-state index contributed by atoms with van der Waals surface area (Å²) < 4.78 is 1.85. The number of nitrogens with one attached hydrogen (secondary N) is 1. The molecule has 0 unspecified atom stereocenters. The van der Waals surface area contributed by atoms with E-state index in [1.165, 1.54) is 16.5 Å². The molecule has 0 aliphatic carbocycles. The minimum atomic E-state index is 0.0860. The Balaban J connectivity index is 1.24. The van der Waals surface area contributed by atoms with Gasteiger partial charge in [-0.05, 0) is 43.0 Å². The van der Waals surface area contributed by atoms with E-state index in [1.54, 1.807) is 6.33 Å². The van der Waals surface area contributed by atoms with Gasteiger partial charge in [0.25, 0.3) is 5.56 Å². The Kier molecular flexibility index (Phi) is 4.45. The van der Waals surface area contributed by atoms with Crippen LogP contribution in [0.4, 0.5) is 0 Å². The first kappa shape index (κ1) is 17.2. The van der Waals surface area contributed by atoms with Gasteiger partial charge in [-0.25, -0.2) is 4.98 Å². The van der Waals surface area contributed by atoms with Crippen molar-refractivity contribution in [3.05, 3.63) is 77.0 Å². The number of hydrogen-bond acceptors (Lipinski definition) is 3. The van der Waals surface area contributed by atoms with Crippen LogP contribution < -0.4 is 5.56 Å². The highest BCUT2D eigenvalue weighted by Crippen LogP contribution is 2.23. The Morgan fingerprint density at radius 2 is 1.75 bits per heavy atom. The molecule has 1 aliphatic heterocycles. The van der Waals surface area contributed by atoms with Crippen molar-refractivity contribution >= 4 is 21.8 Å². The predicted octanol–water partition coefficient (Wildman–Crippen LogP) is 3.76. The first-order chi connectivity index (χ1) is 13.8. The summed E-state index contributed by atoms with van der Waals surface area (Å²) in [5.41, 5.74) is 3.45. The summed E-state index contributed by atoms with van der Waals surface area (Å²) in [4.78, 5) is 23.2. The van der Waals surface area contributed by atoms with E-state index in [-0.39, 0.29) is 11.6 Å². The molecule has 4 aromatic rings. The molecule has 0 amide bonds. The zero-order valence-electron chi connectivity index (χ0n) is 15.8. The predicted molar refractivity (Wildman–Crippen MR) is 113 cm³/mol. The lowest BCUT2D eigenvalue weighted by molar-refractivity contribution is 0.186. The standard InChI is InChI=1S/C23H24N4O/c28-23-20-6-2-4-8-22(20)25-16-27(23)18-10-13-26(14-11-18)12-9-17-15-24-21-7-3-1-5-19(17)21/h1-8,15-16,18,24H,9-14H2. The number of benzene rings is 2. The molecule has 1 fully saturated rings. The van der Waals surface area contributed by atoms with Gasteiger partial charge in [-0.15, -0.1) is 0 Å². The zero-order valence-corrected chi connectivity index (χ0v) is 15.8. The van der Waals surface area contributed by atoms with Crippen molar-refractivity contribution in [3.8, 4) is 0 Å². The number of fused-ring (bicyclic) bond motifs is 2. The second kappa shape index (κ2) is 7.24. The smallest absolute Gasteiger partial charge is 0.261 e. The van der Waals surface area contributed by atoms with Crippen LogP contribution >= 0.6 is 0 Å². The van der Waals surface area contributed by atoms with Crippen molar-refractivity contribution in [2.75, 3.05) is 19.6 Å². The van der Waals surface area contributed by atoms with Gasteiger partial charge in [-0.3, -0.25) is 9.36 Å². The second-order valence-corrected chi connectivity index (χ2v) is 7.66. The maximum Gasteiger partial charge on any atom is 0.261 e. The van der Waals surface area contributed by atoms with Crippen molar-refractivity contribution < 1.29 is 0 Å². The van der Waals surface area contributed by atoms with Gasteiger partial charge in [0, 0.05) is 42.8 Å². The van der Waals surface area contributed by atoms with Crippen LogP contribution in [0.3, 0.4) is 0 Å². The van der Waals surface area contributed by atoms with Crippen molar-refractivity contribution in [1.82, 2.24) is 19.4 Å². The summed E-state index contributed by atoms with van der Waals surface area (Å²) in [7, 11) is 0. The lowest BCUT2D eigenvalue weighted by Crippen LogP contribution is -2.38. The summed E-state index contributed by atoms with van der Waals surface area (Å²) in [6.07, 6.45) is 6.91. The number of likely N-dealkylation sites (tertiary alicyclic amines) is 1. The highest BCUT2D eigenvalue weighted by molar-refractivity contribution is 5.83. The molecular weight excluding hydrogens is 348 g/mol. The van der Waals surface area contributed by atoms with Gasteiger partial charge in [-0.2, -0.15) is 0 Å². The van der Waals surface area contributed by atoms with Crippen LogP contribution in [-0.4, -0.2) is 39.1 Å². The molecule has 28 heavy (non-hydrogen) atoms. The quantitative estimate of drug-likeness (QED) is 0.593. The third kappa shape index (κ3) is 3.12. The fourth-order valence-corrected chi connectivity index (χ4v) is 4.38. The number of aromatic amines is 1. The minimum Gasteiger partial charge on any atom is -0.361 e. The van der Waals surface area contributed by atoms with E-state index >= 15 is 0 Å². The van der Waals surface area contributed by atoms with E-state index in [2.05, 4.69) is 45.3 Å². The highest BCUT2D eigenvalue weighted by Gasteiger charge is 2.22. The Bertz CT molecular complexity index is 1170. The largest absolute Gasteiger partial charge is 0.361 e. The number of rotatable bonds is 4. The van der Waals surface area contributed by atoms with Crippen LogP contribution in [0, 0.1) is 0 Å². The molecule has 2 aromatic carbocycles. The molecule has 0 atom stereocenters. The van der Waals surface area contributed by atoms with Crippen LogP contribution in [0.2, 0.25) is 0 Å². The summed E-state index contributed by atoms with van der Waals surface area (Å²) >= 11 is 0. The number of aromatic nitrogens is 3. The number of piperidine rings is 1. The topological polar surface area (TPSA) is 53.9 Å². The fourth-order valence-electron chi connectivity index (χ4n) is 4.38. The maximum atomic E-state index is 12.8. The third-order valence-corrected chi connectivity index (χ3v) is 6.01. The lowest BCUT2D eigenvalue weighted by atomic mass is 10.0. The highest BCUT2D eigenvalue weighted by atomic mass is 16.1. The zero-order chi connectivity index (χ0) is 18.9. The van der Waals surface area contributed by atoms with E-state index in [9.17, 15) is 4.79 Å². The van der Waals surface area contributed by atoms with Gasteiger partial charge in [0.2, 0.25) is 0 Å². The summed E-state index contributed by atoms with van der Waals surface area (Å²) in [5.74, 6) is 0. The van der Waals surface area contributed by atoms with E-state index < -0.39 is 0 Å².